The normalized spacial score (nSPS) is 13.0. The number of aromatic nitrogens is 3. The zero-order valence-corrected chi connectivity index (χ0v) is 39.2. The van der Waals surface area contributed by atoms with Crippen molar-refractivity contribution in [1.82, 2.24) is 18.8 Å². The maximum absolute atomic E-state index is 16.3. The number of amides is 2. The van der Waals surface area contributed by atoms with Crippen LogP contribution >= 0.6 is 0 Å². The predicted molar refractivity (Wildman–Crippen MR) is 269 cm³/mol. The van der Waals surface area contributed by atoms with E-state index in [9.17, 15) is 22.8 Å². The Morgan fingerprint density at radius 1 is 0.694 bits per heavy atom. The van der Waals surface area contributed by atoms with Crippen molar-refractivity contribution in [2.45, 2.75) is 26.2 Å². The van der Waals surface area contributed by atoms with E-state index in [0.717, 1.165) is 16.7 Å². The maximum Gasteiger partial charge on any atom is 0.333 e. The predicted octanol–water partition coefficient (Wildman–Crippen LogP) is 9.00. The van der Waals surface area contributed by atoms with E-state index in [0.29, 0.717) is 38.2 Å². The lowest BCUT2D eigenvalue weighted by molar-refractivity contribution is -0.117. The fourth-order valence-corrected chi connectivity index (χ4v) is 9.48. The molecule has 0 unspecified atom stereocenters. The average molecular weight is 988 g/mol. The van der Waals surface area contributed by atoms with Gasteiger partial charge in [-0.15, -0.1) is 0 Å². The van der Waals surface area contributed by atoms with Crippen LogP contribution in [-0.2, 0) is 53.1 Å². The molecule has 0 aliphatic carbocycles. The molecule has 1 saturated heterocycles. The molecule has 15 nitrogen and oxygen atoms in total. The molecule has 0 saturated carbocycles. The van der Waals surface area contributed by atoms with E-state index in [1.807, 2.05) is 71.5 Å². The number of nitrogens with one attached hydrogen (secondary N) is 3. The minimum Gasteiger partial charge on any atom is -0.487 e. The molecule has 0 bridgehead atoms. The molecule has 1 fully saturated rings. The summed E-state index contributed by atoms with van der Waals surface area (Å²) >= 11 is 0. The molecule has 0 radical (unpaired) electrons. The largest absolute Gasteiger partial charge is 0.487 e. The van der Waals surface area contributed by atoms with Crippen molar-refractivity contribution in [1.29, 1.82) is 0 Å². The number of carbonyl (C=O) groups excluding carboxylic acids is 2. The molecule has 9 aromatic rings. The molecule has 10 rings (SSSR count). The fourth-order valence-electron chi connectivity index (χ4n) is 8.32. The number of rotatable bonds is 16. The summed E-state index contributed by atoms with van der Waals surface area (Å²) in [5.74, 6) is -2.52. The number of hydrogen-bond donors (Lipinski definition) is 3. The Hall–Kier alpha value is -9.03. The molecule has 0 atom stereocenters. The lowest BCUT2D eigenvalue weighted by Gasteiger charge is -2.21. The SMILES string of the molecule is Cn1c(=O)n(-c2ccc(OCc3ccccc3)nc2OCc2ccccc2)c2ccc(Nc3ccc(CC(=O)Nc4ccc5c(F)c(N6CC(=O)NS6(=O)=O)c(OCc6ccccc6)cc5c4)cc3F)cc21. The van der Waals surface area contributed by atoms with Gasteiger partial charge < -0.3 is 24.8 Å². The molecule has 3 N–H and O–H groups in total. The number of ether oxygens (including phenoxy) is 3. The second-order valence-electron chi connectivity index (χ2n) is 16.9. The van der Waals surface area contributed by atoms with Crippen molar-refractivity contribution in [2.75, 3.05) is 21.5 Å². The van der Waals surface area contributed by atoms with E-state index < -0.39 is 45.9 Å². The van der Waals surface area contributed by atoms with E-state index in [-0.39, 0.29) is 65.7 Å². The van der Waals surface area contributed by atoms with E-state index >= 15 is 8.78 Å². The number of hydrogen-bond acceptors (Lipinski definition) is 10. The smallest absolute Gasteiger partial charge is 0.333 e. The minimum atomic E-state index is -4.39. The Balaban J connectivity index is 0.850. The third kappa shape index (κ3) is 9.88. The summed E-state index contributed by atoms with van der Waals surface area (Å²) < 4.78 is 81.4. The maximum atomic E-state index is 16.3. The molecule has 1 aliphatic rings. The van der Waals surface area contributed by atoms with Crippen molar-refractivity contribution in [2.24, 2.45) is 7.05 Å². The van der Waals surface area contributed by atoms with Gasteiger partial charge in [-0.2, -0.15) is 13.4 Å². The van der Waals surface area contributed by atoms with Gasteiger partial charge in [-0.1, -0.05) is 97.1 Å². The highest BCUT2D eigenvalue weighted by atomic mass is 32.2. The van der Waals surface area contributed by atoms with Crippen molar-refractivity contribution < 1.29 is 41.0 Å². The second-order valence-corrected chi connectivity index (χ2v) is 18.4. The number of anilines is 4. The summed E-state index contributed by atoms with van der Waals surface area (Å²) in [4.78, 5) is 44.1. The van der Waals surface area contributed by atoms with Gasteiger partial charge in [-0.25, -0.2) is 22.6 Å². The van der Waals surface area contributed by atoms with Gasteiger partial charge in [0, 0.05) is 29.9 Å². The third-order valence-electron chi connectivity index (χ3n) is 11.8. The van der Waals surface area contributed by atoms with Crippen LogP contribution in [0.25, 0.3) is 27.5 Å². The summed E-state index contributed by atoms with van der Waals surface area (Å²) in [5, 5.41) is 6.14. The lowest BCUT2D eigenvalue weighted by atomic mass is 10.1. The van der Waals surface area contributed by atoms with Crippen LogP contribution in [0.4, 0.5) is 31.5 Å². The molecule has 2 amide bonds. The first kappa shape index (κ1) is 46.7. The molecule has 362 valence electrons. The van der Waals surface area contributed by atoms with Gasteiger partial charge in [0.25, 0.3) is 5.91 Å². The molecule has 7 aromatic carbocycles. The van der Waals surface area contributed by atoms with Crippen LogP contribution in [0, 0.1) is 11.6 Å². The number of aryl methyl sites for hydroxylation is 1. The van der Waals surface area contributed by atoms with Gasteiger partial charge in [0.2, 0.25) is 17.7 Å². The topological polar surface area (TPSA) is 175 Å². The molecule has 72 heavy (non-hydrogen) atoms. The molecule has 3 heterocycles. The van der Waals surface area contributed by atoms with Crippen LogP contribution in [0.3, 0.4) is 0 Å². The summed E-state index contributed by atoms with van der Waals surface area (Å²) in [5.41, 5.74) is 4.55. The van der Waals surface area contributed by atoms with Gasteiger partial charge in [0.05, 0.1) is 23.1 Å². The molecule has 1 aliphatic heterocycles. The van der Waals surface area contributed by atoms with Crippen molar-refractivity contribution >= 4 is 66.6 Å². The fraction of sp³-hybridized carbons (Fsp3) is 0.111. The first-order valence-electron chi connectivity index (χ1n) is 22.5. The Kier molecular flexibility index (Phi) is 12.8. The Morgan fingerprint density at radius 3 is 2.00 bits per heavy atom. The second kappa shape index (κ2) is 19.8. The average Bonchev–Trinajstić information content (AvgIpc) is 3.80. The van der Waals surface area contributed by atoms with Crippen molar-refractivity contribution in [3.05, 3.63) is 208 Å². The number of halogens is 2. The van der Waals surface area contributed by atoms with Gasteiger partial charge in [0.15, 0.2) is 5.82 Å². The van der Waals surface area contributed by atoms with Crippen LogP contribution in [-0.4, -0.2) is 40.9 Å². The minimum absolute atomic E-state index is 0.0137. The Morgan fingerprint density at radius 2 is 1.35 bits per heavy atom. The Labute approximate surface area is 411 Å². The number of nitrogens with zero attached hydrogens (tertiary/aromatic N) is 4. The highest BCUT2D eigenvalue weighted by molar-refractivity contribution is 7.92. The standard InChI is InChI=1S/C54H43F2N7O8S/c1-61-46-29-40(19-22-44(46)63(54(61)66)45-23-24-50(70-32-35-13-7-3-8-14-35)59-53(45)71-33-36-15-9-4-10-16-36)57-43-21-17-37(25-42(43)55)26-48(64)58-39-18-20-41-38(27-39)28-47(69-31-34-11-5-2-6-12-34)52(51(41)56)62-30-49(65)60-72(62,67)68/h2-25,27-29,57H,26,30-33H2,1H3,(H,58,64)(H,60,65). The van der Waals surface area contributed by atoms with Crippen LogP contribution in [0.5, 0.6) is 17.5 Å². The summed E-state index contributed by atoms with van der Waals surface area (Å²) in [6, 6.07) is 46.9. The number of imidazole rings is 1. The van der Waals surface area contributed by atoms with Crippen LogP contribution in [0.1, 0.15) is 22.3 Å². The van der Waals surface area contributed by atoms with Crippen molar-refractivity contribution in [3.8, 4) is 23.2 Å². The van der Waals surface area contributed by atoms with E-state index in [4.69, 9.17) is 14.2 Å². The highest BCUT2D eigenvalue weighted by Crippen LogP contribution is 2.40. The highest BCUT2D eigenvalue weighted by Gasteiger charge is 2.38. The first-order chi connectivity index (χ1) is 34.9. The van der Waals surface area contributed by atoms with Crippen LogP contribution < -0.4 is 39.6 Å². The summed E-state index contributed by atoms with van der Waals surface area (Å²) in [7, 11) is -2.76. The van der Waals surface area contributed by atoms with E-state index in [1.165, 1.54) is 45.5 Å². The van der Waals surface area contributed by atoms with Crippen LogP contribution in [0.15, 0.2) is 169 Å². The number of fused-ring (bicyclic) bond motifs is 2. The number of carbonyl (C=O) groups is 2. The zero-order chi connectivity index (χ0) is 49.9. The zero-order valence-electron chi connectivity index (χ0n) is 38.3. The van der Waals surface area contributed by atoms with Gasteiger partial charge in [0.1, 0.15) is 49.3 Å². The number of benzene rings is 7. The molecule has 18 heteroatoms. The van der Waals surface area contributed by atoms with Crippen LogP contribution in [0.2, 0.25) is 0 Å². The Bertz CT molecular complexity index is 3710. The third-order valence-corrected chi connectivity index (χ3v) is 13.2. The number of pyridine rings is 1. The van der Waals surface area contributed by atoms with Gasteiger partial charge in [-0.3, -0.25) is 18.7 Å². The van der Waals surface area contributed by atoms with E-state index in [1.54, 1.807) is 67.7 Å². The molecule has 0 spiro atoms. The van der Waals surface area contributed by atoms with Gasteiger partial charge in [-0.05, 0) is 88.3 Å². The van der Waals surface area contributed by atoms with Crippen molar-refractivity contribution in [3.63, 3.8) is 0 Å². The lowest BCUT2D eigenvalue weighted by Crippen LogP contribution is -2.30. The summed E-state index contributed by atoms with van der Waals surface area (Å²) in [6.07, 6.45) is -0.213. The molecule has 2 aromatic heterocycles. The molecular weight excluding hydrogens is 945 g/mol. The quantitative estimate of drug-likeness (QED) is 0.0848. The van der Waals surface area contributed by atoms with E-state index in [2.05, 4.69) is 15.6 Å². The summed E-state index contributed by atoms with van der Waals surface area (Å²) in [6.45, 7) is -0.201. The van der Waals surface area contributed by atoms with Gasteiger partial charge >= 0.3 is 15.9 Å². The molecular formula is C54H43F2N7O8S. The monoisotopic (exact) mass is 987 g/mol. The first-order valence-corrected chi connectivity index (χ1v) is 24.0.